The van der Waals surface area contributed by atoms with Crippen LogP contribution < -0.4 is 5.32 Å². The molecule has 0 unspecified atom stereocenters. The number of nitrogens with one attached hydrogen (secondary N) is 1. The van der Waals surface area contributed by atoms with E-state index < -0.39 is 11.7 Å². The molecular formula is C17H16F3NO. The van der Waals surface area contributed by atoms with Crippen molar-refractivity contribution < 1.29 is 18.0 Å². The van der Waals surface area contributed by atoms with Gasteiger partial charge in [-0.2, -0.15) is 13.2 Å². The zero-order valence-corrected chi connectivity index (χ0v) is 12.0. The molecule has 22 heavy (non-hydrogen) atoms. The second kappa shape index (κ2) is 6.64. The molecule has 116 valence electrons. The van der Waals surface area contributed by atoms with Crippen LogP contribution in [0.3, 0.4) is 0 Å². The van der Waals surface area contributed by atoms with Crippen molar-refractivity contribution in [3.63, 3.8) is 0 Å². The van der Waals surface area contributed by atoms with Crippen LogP contribution in [0.5, 0.6) is 0 Å². The van der Waals surface area contributed by atoms with Gasteiger partial charge in [0.15, 0.2) is 0 Å². The Kier molecular flexibility index (Phi) is 4.85. The Balaban J connectivity index is 1.95. The Morgan fingerprint density at radius 2 is 1.64 bits per heavy atom. The lowest BCUT2D eigenvalue weighted by molar-refractivity contribution is -0.137. The first-order valence-corrected chi connectivity index (χ1v) is 6.88. The standard InChI is InChI=1S/C17H16F3NO/c1-12(13-5-3-2-4-6-13)11-21-16(22)14-7-9-15(10-8-14)17(18,19)20/h2-10,12H,11H2,1H3,(H,21,22)/t12-/m1/s1. The molecule has 5 heteroatoms. The average molecular weight is 307 g/mol. The number of benzene rings is 2. The van der Waals surface area contributed by atoms with Gasteiger partial charge in [-0.3, -0.25) is 4.79 Å². The van der Waals surface area contributed by atoms with E-state index in [0.29, 0.717) is 6.54 Å². The van der Waals surface area contributed by atoms with Gasteiger partial charge in [0, 0.05) is 12.1 Å². The van der Waals surface area contributed by atoms with Gasteiger partial charge in [0.1, 0.15) is 0 Å². The molecular weight excluding hydrogens is 291 g/mol. The first kappa shape index (κ1) is 16.1. The summed E-state index contributed by atoms with van der Waals surface area (Å²) in [6.07, 6.45) is -4.39. The third-order valence-corrected chi connectivity index (χ3v) is 3.41. The lowest BCUT2D eigenvalue weighted by Crippen LogP contribution is -2.27. The summed E-state index contributed by atoms with van der Waals surface area (Å²) in [4.78, 5) is 11.9. The zero-order valence-electron chi connectivity index (χ0n) is 12.0. The largest absolute Gasteiger partial charge is 0.416 e. The summed E-state index contributed by atoms with van der Waals surface area (Å²) in [5.41, 5.74) is 0.546. The lowest BCUT2D eigenvalue weighted by atomic mass is 10.0. The molecule has 0 radical (unpaired) electrons. The maximum atomic E-state index is 12.5. The van der Waals surface area contributed by atoms with Crippen LogP contribution >= 0.6 is 0 Å². The molecule has 2 nitrogen and oxygen atoms in total. The van der Waals surface area contributed by atoms with E-state index in [1.807, 2.05) is 37.3 Å². The molecule has 0 spiro atoms. The van der Waals surface area contributed by atoms with Gasteiger partial charge in [-0.15, -0.1) is 0 Å². The van der Waals surface area contributed by atoms with Crippen LogP contribution in [0, 0.1) is 0 Å². The number of alkyl halides is 3. The molecule has 0 heterocycles. The van der Waals surface area contributed by atoms with Crippen LogP contribution in [0.25, 0.3) is 0 Å². The molecule has 0 bridgehead atoms. The van der Waals surface area contributed by atoms with Crippen molar-refractivity contribution in [3.8, 4) is 0 Å². The van der Waals surface area contributed by atoms with E-state index >= 15 is 0 Å². The van der Waals surface area contributed by atoms with Crippen LogP contribution in [-0.4, -0.2) is 12.5 Å². The van der Waals surface area contributed by atoms with E-state index in [9.17, 15) is 18.0 Å². The van der Waals surface area contributed by atoms with Gasteiger partial charge in [-0.05, 0) is 35.7 Å². The highest BCUT2D eigenvalue weighted by atomic mass is 19.4. The maximum absolute atomic E-state index is 12.5. The third-order valence-electron chi connectivity index (χ3n) is 3.41. The fourth-order valence-corrected chi connectivity index (χ4v) is 2.06. The third kappa shape index (κ3) is 4.10. The maximum Gasteiger partial charge on any atom is 0.416 e. The van der Waals surface area contributed by atoms with Crippen molar-refractivity contribution in [2.24, 2.45) is 0 Å². The molecule has 0 fully saturated rings. The summed E-state index contributed by atoms with van der Waals surface area (Å²) in [6, 6.07) is 13.9. The van der Waals surface area contributed by atoms with Gasteiger partial charge in [-0.1, -0.05) is 37.3 Å². The Hall–Kier alpha value is -2.30. The van der Waals surface area contributed by atoms with E-state index in [-0.39, 0.29) is 17.4 Å². The zero-order chi connectivity index (χ0) is 16.2. The minimum Gasteiger partial charge on any atom is -0.351 e. The van der Waals surface area contributed by atoms with Crippen molar-refractivity contribution in [3.05, 3.63) is 71.3 Å². The van der Waals surface area contributed by atoms with Crippen molar-refractivity contribution in [1.29, 1.82) is 0 Å². The van der Waals surface area contributed by atoms with Gasteiger partial charge in [0.05, 0.1) is 5.56 Å². The van der Waals surface area contributed by atoms with E-state index in [2.05, 4.69) is 5.32 Å². The fourth-order valence-electron chi connectivity index (χ4n) is 2.06. The van der Waals surface area contributed by atoms with Crippen LogP contribution in [-0.2, 0) is 6.18 Å². The number of hydrogen-bond donors (Lipinski definition) is 1. The first-order valence-electron chi connectivity index (χ1n) is 6.88. The number of amides is 1. The molecule has 0 aliphatic carbocycles. The number of carbonyl (C=O) groups excluding carboxylic acids is 1. The SMILES string of the molecule is C[C@H](CNC(=O)c1ccc(C(F)(F)F)cc1)c1ccccc1. The van der Waals surface area contributed by atoms with E-state index in [1.165, 1.54) is 12.1 Å². The van der Waals surface area contributed by atoms with Crippen LogP contribution in [0.1, 0.15) is 34.3 Å². The molecule has 1 N–H and O–H groups in total. The summed E-state index contributed by atoms with van der Waals surface area (Å²) >= 11 is 0. The number of rotatable bonds is 4. The van der Waals surface area contributed by atoms with Gasteiger partial charge in [0.2, 0.25) is 0 Å². The van der Waals surface area contributed by atoms with Crippen LogP contribution in [0.4, 0.5) is 13.2 Å². The lowest BCUT2D eigenvalue weighted by Gasteiger charge is -2.13. The van der Waals surface area contributed by atoms with Gasteiger partial charge in [0.25, 0.3) is 5.91 Å². The first-order chi connectivity index (χ1) is 10.4. The second-order valence-electron chi connectivity index (χ2n) is 5.10. The highest BCUT2D eigenvalue weighted by Gasteiger charge is 2.30. The molecule has 1 atom stereocenters. The summed E-state index contributed by atoms with van der Waals surface area (Å²) in [7, 11) is 0. The van der Waals surface area contributed by atoms with Gasteiger partial charge in [-0.25, -0.2) is 0 Å². The van der Waals surface area contributed by atoms with Crippen molar-refractivity contribution in [2.45, 2.75) is 19.0 Å². The van der Waals surface area contributed by atoms with Gasteiger partial charge >= 0.3 is 6.18 Å². The molecule has 0 aliphatic heterocycles. The topological polar surface area (TPSA) is 29.1 Å². The quantitative estimate of drug-likeness (QED) is 0.899. The molecule has 0 aliphatic rings. The Bertz CT molecular complexity index is 621. The van der Waals surface area contributed by atoms with Crippen molar-refractivity contribution >= 4 is 5.91 Å². The Morgan fingerprint density at radius 1 is 1.05 bits per heavy atom. The molecule has 0 saturated heterocycles. The molecule has 2 aromatic rings. The monoisotopic (exact) mass is 307 g/mol. The minimum atomic E-state index is -4.39. The molecule has 2 rings (SSSR count). The molecule has 2 aromatic carbocycles. The highest BCUT2D eigenvalue weighted by molar-refractivity contribution is 5.94. The molecule has 0 saturated carbocycles. The minimum absolute atomic E-state index is 0.125. The second-order valence-corrected chi connectivity index (χ2v) is 5.10. The predicted octanol–water partition coefficient (Wildman–Crippen LogP) is 4.24. The van der Waals surface area contributed by atoms with Crippen LogP contribution in [0.2, 0.25) is 0 Å². The molecule has 0 aromatic heterocycles. The fraction of sp³-hybridized carbons (Fsp3) is 0.235. The Morgan fingerprint density at radius 3 is 2.18 bits per heavy atom. The highest BCUT2D eigenvalue weighted by Crippen LogP contribution is 2.29. The normalized spacial score (nSPS) is 12.7. The Labute approximate surface area is 127 Å². The summed E-state index contributed by atoms with van der Waals surface area (Å²) in [6.45, 7) is 2.40. The smallest absolute Gasteiger partial charge is 0.351 e. The number of halogens is 3. The van der Waals surface area contributed by atoms with Crippen LogP contribution in [0.15, 0.2) is 54.6 Å². The number of carbonyl (C=O) groups is 1. The van der Waals surface area contributed by atoms with E-state index in [4.69, 9.17) is 0 Å². The summed E-state index contributed by atoms with van der Waals surface area (Å²) in [5.74, 6) is -0.254. The summed E-state index contributed by atoms with van der Waals surface area (Å²) < 4.78 is 37.4. The van der Waals surface area contributed by atoms with E-state index in [0.717, 1.165) is 17.7 Å². The summed E-state index contributed by atoms with van der Waals surface area (Å²) in [5, 5.41) is 2.74. The predicted molar refractivity (Wildman–Crippen MR) is 78.6 cm³/mol. The van der Waals surface area contributed by atoms with Crippen molar-refractivity contribution in [1.82, 2.24) is 5.32 Å². The number of hydrogen-bond acceptors (Lipinski definition) is 1. The molecule has 1 amide bonds. The van der Waals surface area contributed by atoms with Crippen molar-refractivity contribution in [2.75, 3.05) is 6.54 Å². The van der Waals surface area contributed by atoms with E-state index in [1.54, 1.807) is 0 Å². The van der Waals surface area contributed by atoms with Gasteiger partial charge < -0.3 is 5.32 Å². The average Bonchev–Trinajstić information content (AvgIpc) is 2.52.